The number of nitrogens with two attached hydrogens (primary N) is 1. The molecule has 3 atom stereocenters. The first-order valence-electron chi connectivity index (χ1n) is 6.79. The van der Waals surface area contributed by atoms with E-state index in [1.165, 1.54) is 0 Å². The van der Waals surface area contributed by atoms with Gasteiger partial charge in [-0.1, -0.05) is 18.2 Å². The number of hydrogen-bond donors (Lipinski definition) is 1. The fourth-order valence-electron chi connectivity index (χ4n) is 3.42. The number of rotatable bonds is 1. The molecule has 2 aliphatic rings. The minimum absolute atomic E-state index is 0.0885. The molecule has 3 rings (SSSR count). The first-order chi connectivity index (χ1) is 8.72. The van der Waals surface area contributed by atoms with Crippen LogP contribution in [-0.4, -0.2) is 18.8 Å². The van der Waals surface area contributed by atoms with Gasteiger partial charge in [0.15, 0.2) is 0 Å². The van der Waals surface area contributed by atoms with E-state index >= 15 is 0 Å². The Kier molecular flexibility index (Phi) is 3.04. The number of ether oxygens (including phenoxy) is 2. The van der Waals surface area contributed by atoms with Crippen LogP contribution in [0.3, 0.4) is 0 Å². The Morgan fingerprint density at radius 2 is 2.17 bits per heavy atom. The number of methoxy groups -OCH3 is 1. The molecular formula is C15H21NO2. The molecule has 0 radical (unpaired) electrons. The Hall–Kier alpha value is -1.06. The summed E-state index contributed by atoms with van der Waals surface area (Å²) in [7, 11) is 1.79. The van der Waals surface area contributed by atoms with Crippen LogP contribution >= 0.6 is 0 Å². The minimum Gasteiger partial charge on any atom is -0.487 e. The molecule has 1 aromatic carbocycles. The first kappa shape index (κ1) is 12.0. The van der Waals surface area contributed by atoms with Crippen LogP contribution in [0.2, 0.25) is 0 Å². The number of para-hydroxylation sites is 1. The normalized spacial score (nSPS) is 35.0. The highest BCUT2D eigenvalue weighted by Crippen LogP contribution is 2.45. The third kappa shape index (κ3) is 2.02. The highest BCUT2D eigenvalue weighted by Gasteiger charge is 2.43. The van der Waals surface area contributed by atoms with Crippen LogP contribution < -0.4 is 10.5 Å². The summed E-state index contributed by atoms with van der Waals surface area (Å²) in [6.07, 6.45) is 5.58. The molecule has 98 valence electrons. The predicted molar refractivity (Wildman–Crippen MR) is 70.6 cm³/mol. The smallest absolute Gasteiger partial charge is 0.124 e. The molecule has 18 heavy (non-hydrogen) atoms. The second-order valence-electron chi connectivity index (χ2n) is 5.59. The van der Waals surface area contributed by atoms with E-state index in [9.17, 15) is 0 Å². The molecule has 1 heterocycles. The van der Waals surface area contributed by atoms with E-state index in [0.717, 1.165) is 43.4 Å². The largest absolute Gasteiger partial charge is 0.487 e. The van der Waals surface area contributed by atoms with Gasteiger partial charge in [-0.2, -0.15) is 0 Å². The van der Waals surface area contributed by atoms with E-state index in [1.807, 2.05) is 18.2 Å². The van der Waals surface area contributed by atoms with Gasteiger partial charge in [0.2, 0.25) is 0 Å². The fourth-order valence-corrected chi connectivity index (χ4v) is 3.42. The number of fused-ring (bicyclic) bond motifs is 1. The van der Waals surface area contributed by atoms with E-state index in [0.29, 0.717) is 6.10 Å². The third-order valence-electron chi connectivity index (χ3n) is 4.33. The summed E-state index contributed by atoms with van der Waals surface area (Å²) >= 11 is 0. The molecule has 1 saturated carbocycles. The Balaban J connectivity index is 1.88. The highest BCUT2D eigenvalue weighted by molar-refractivity contribution is 5.38. The summed E-state index contributed by atoms with van der Waals surface area (Å²) in [6, 6.07) is 8.24. The quantitative estimate of drug-likeness (QED) is 0.830. The van der Waals surface area contributed by atoms with Gasteiger partial charge in [0.25, 0.3) is 0 Å². The van der Waals surface area contributed by atoms with Crippen LogP contribution in [-0.2, 0) is 4.74 Å². The summed E-state index contributed by atoms with van der Waals surface area (Å²) in [5.41, 5.74) is 7.35. The van der Waals surface area contributed by atoms with E-state index < -0.39 is 0 Å². The fraction of sp³-hybridized carbons (Fsp3) is 0.600. The van der Waals surface area contributed by atoms with Crippen molar-refractivity contribution < 1.29 is 9.47 Å². The topological polar surface area (TPSA) is 44.5 Å². The van der Waals surface area contributed by atoms with Gasteiger partial charge >= 0.3 is 0 Å². The molecule has 0 aromatic heterocycles. The van der Waals surface area contributed by atoms with Crippen molar-refractivity contribution in [1.82, 2.24) is 0 Å². The molecular weight excluding hydrogens is 226 g/mol. The Morgan fingerprint density at radius 1 is 1.33 bits per heavy atom. The molecule has 2 N–H and O–H groups in total. The molecule has 3 nitrogen and oxygen atoms in total. The summed E-state index contributed by atoms with van der Waals surface area (Å²) in [5.74, 6) is 0.966. The maximum Gasteiger partial charge on any atom is 0.124 e. The predicted octanol–water partition coefficient (Wildman–Crippen LogP) is 2.80. The maximum absolute atomic E-state index is 6.32. The van der Waals surface area contributed by atoms with Crippen LogP contribution in [0.1, 0.15) is 43.7 Å². The number of benzene rings is 1. The van der Waals surface area contributed by atoms with Crippen LogP contribution in [0.4, 0.5) is 0 Å². The van der Waals surface area contributed by atoms with Crippen molar-refractivity contribution in [3.63, 3.8) is 0 Å². The SMILES string of the molecule is COC1CCCC2(C1)CC(N)c1ccccc1O2. The summed E-state index contributed by atoms with van der Waals surface area (Å²) in [6.45, 7) is 0. The van der Waals surface area contributed by atoms with Crippen molar-refractivity contribution >= 4 is 0 Å². The number of hydrogen-bond acceptors (Lipinski definition) is 3. The molecule has 0 bridgehead atoms. The molecule has 1 aliphatic carbocycles. The average molecular weight is 247 g/mol. The lowest BCUT2D eigenvalue weighted by Crippen LogP contribution is -2.48. The third-order valence-corrected chi connectivity index (χ3v) is 4.33. The van der Waals surface area contributed by atoms with Crippen molar-refractivity contribution in [2.75, 3.05) is 7.11 Å². The van der Waals surface area contributed by atoms with Gasteiger partial charge in [-0.3, -0.25) is 0 Å². The molecule has 1 fully saturated rings. The first-order valence-corrected chi connectivity index (χ1v) is 6.79. The van der Waals surface area contributed by atoms with E-state index in [4.69, 9.17) is 15.2 Å². The Labute approximate surface area is 108 Å². The van der Waals surface area contributed by atoms with Gasteiger partial charge in [-0.15, -0.1) is 0 Å². The van der Waals surface area contributed by atoms with Crippen molar-refractivity contribution in [2.45, 2.75) is 49.9 Å². The molecule has 3 unspecified atom stereocenters. The Morgan fingerprint density at radius 3 is 3.00 bits per heavy atom. The maximum atomic E-state index is 6.32. The molecule has 1 spiro atoms. The van der Waals surface area contributed by atoms with Crippen LogP contribution in [0.5, 0.6) is 5.75 Å². The van der Waals surface area contributed by atoms with Crippen LogP contribution in [0, 0.1) is 0 Å². The van der Waals surface area contributed by atoms with Crippen molar-refractivity contribution in [2.24, 2.45) is 5.73 Å². The van der Waals surface area contributed by atoms with Gasteiger partial charge in [0.05, 0.1) is 6.10 Å². The van der Waals surface area contributed by atoms with Crippen molar-refractivity contribution in [3.8, 4) is 5.75 Å². The standard InChI is InChI=1S/C15H21NO2/c1-17-11-5-4-8-15(9-11)10-13(16)12-6-2-3-7-14(12)18-15/h2-3,6-7,11,13H,4-5,8-10,16H2,1H3. The lowest BCUT2D eigenvalue weighted by molar-refractivity contribution is -0.0577. The summed E-state index contributed by atoms with van der Waals surface area (Å²) in [5, 5.41) is 0. The zero-order valence-electron chi connectivity index (χ0n) is 10.9. The second kappa shape index (κ2) is 4.56. The van der Waals surface area contributed by atoms with Crippen LogP contribution in [0.15, 0.2) is 24.3 Å². The molecule has 1 aromatic rings. The molecule has 3 heteroatoms. The van der Waals surface area contributed by atoms with Crippen LogP contribution in [0.25, 0.3) is 0 Å². The summed E-state index contributed by atoms with van der Waals surface area (Å²) in [4.78, 5) is 0. The zero-order chi connectivity index (χ0) is 12.6. The highest BCUT2D eigenvalue weighted by atomic mass is 16.5. The molecule has 1 aliphatic heterocycles. The minimum atomic E-state index is -0.104. The zero-order valence-corrected chi connectivity index (χ0v) is 10.9. The molecule has 0 amide bonds. The van der Waals surface area contributed by atoms with E-state index in [2.05, 4.69) is 6.07 Å². The second-order valence-corrected chi connectivity index (χ2v) is 5.59. The van der Waals surface area contributed by atoms with Gasteiger partial charge in [0, 0.05) is 31.6 Å². The lowest BCUT2D eigenvalue weighted by atomic mass is 9.76. The van der Waals surface area contributed by atoms with E-state index in [1.54, 1.807) is 7.11 Å². The van der Waals surface area contributed by atoms with Crippen molar-refractivity contribution in [1.29, 1.82) is 0 Å². The average Bonchev–Trinajstić information content (AvgIpc) is 2.38. The lowest BCUT2D eigenvalue weighted by Gasteiger charge is -2.45. The van der Waals surface area contributed by atoms with Gasteiger partial charge in [-0.25, -0.2) is 0 Å². The van der Waals surface area contributed by atoms with Gasteiger partial charge < -0.3 is 15.2 Å². The monoisotopic (exact) mass is 247 g/mol. The molecule has 0 saturated heterocycles. The van der Waals surface area contributed by atoms with Gasteiger partial charge in [0.1, 0.15) is 11.4 Å². The Bertz CT molecular complexity index is 434. The summed E-state index contributed by atoms with van der Waals surface area (Å²) < 4.78 is 11.8. The van der Waals surface area contributed by atoms with Crippen molar-refractivity contribution in [3.05, 3.63) is 29.8 Å². The van der Waals surface area contributed by atoms with Gasteiger partial charge in [-0.05, 0) is 25.3 Å². The van der Waals surface area contributed by atoms with E-state index in [-0.39, 0.29) is 11.6 Å².